The van der Waals surface area contributed by atoms with Crippen molar-refractivity contribution in [1.82, 2.24) is 14.9 Å². The topological polar surface area (TPSA) is 67.8 Å². The maximum absolute atomic E-state index is 12.3. The van der Waals surface area contributed by atoms with Gasteiger partial charge in [-0.15, -0.1) is 0 Å². The lowest BCUT2D eigenvalue weighted by Gasteiger charge is -2.28. The minimum Gasteiger partial charge on any atom is -0.486 e. The third-order valence-corrected chi connectivity index (χ3v) is 4.54. The first kappa shape index (κ1) is 19.9. The lowest BCUT2D eigenvalue weighted by Crippen LogP contribution is -2.42. The van der Waals surface area contributed by atoms with Gasteiger partial charge in [-0.05, 0) is 32.8 Å². The van der Waals surface area contributed by atoms with Crippen LogP contribution in [-0.4, -0.2) is 52.7 Å². The molecule has 1 fully saturated rings. The summed E-state index contributed by atoms with van der Waals surface area (Å²) in [5.74, 6) is 1.28. The fourth-order valence-electron chi connectivity index (χ4n) is 3.01. The van der Waals surface area contributed by atoms with Gasteiger partial charge < -0.3 is 19.3 Å². The third kappa shape index (κ3) is 5.34. The van der Waals surface area contributed by atoms with E-state index in [9.17, 15) is 4.79 Å². The zero-order valence-electron chi connectivity index (χ0n) is 17.0. The second kappa shape index (κ2) is 8.46. The van der Waals surface area contributed by atoms with Crippen molar-refractivity contribution in [2.75, 3.05) is 25.0 Å². The number of anilines is 1. The molecule has 150 valence electrons. The molecule has 28 heavy (non-hydrogen) atoms. The summed E-state index contributed by atoms with van der Waals surface area (Å²) in [7, 11) is 1.78. The molecule has 1 aromatic heterocycles. The molecule has 7 nitrogen and oxygen atoms in total. The maximum atomic E-state index is 12.3. The molecular weight excluding hydrogens is 356 g/mol. The fraction of sp³-hybridized carbons (Fsp3) is 0.476. The van der Waals surface area contributed by atoms with E-state index >= 15 is 0 Å². The summed E-state index contributed by atoms with van der Waals surface area (Å²) >= 11 is 0. The first-order valence-electron chi connectivity index (χ1n) is 9.51. The van der Waals surface area contributed by atoms with Gasteiger partial charge in [0.25, 0.3) is 0 Å². The standard InChI is InChI=1S/C21H28N4O3/c1-21(2,3)28-20(26)24(4)17-10-11-25(14-17)19-22-12-18(13-23-19)27-15-16-8-6-5-7-9-16/h5-9,12-13,17H,10-11,14-15H2,1-4H3. The maximum Gasteiger partial charge on any atom is 0.410 e. The second-order valence-electron chi connectivity index (χ2n) is 7.97. The summed E-state index contributed by atoms with van der Waals surface area (Å²) in [6.07, 6.45) is 3.93. The van der Waals surface area contributed by atoms with E-state index in [0.29, 0.717) is 24.8 Å². The van der Waals surface area contributed by atoms with Crippen molar-refractivity contribution in [3.63, 3.8) is 0 Å². The highest BCUT2D eigenvalue weighted by molar-refractivity contribution is 5.68. The molecule has 0 radical (unpaired) electrons. The normalized spacial score (nSPS) is 16.7. The Balaban J connectivity index is 1.53. The van der Waals surface area contributed by atoms with Gasteiger partial charge in [-0.1, -0.05) is 30.3 Å². The summed E-state index contributed by atoms with van der Waals surface area (Å²) in [6, 6.07) is 10.0. The number of aromatic nitrogens is 2. The molecule has 1 atom stereocenters. The first-order chi connectivity index (χ1) is 13.3. The van der Waals surface area contributed by atoms with Crippen LogP contribution in [0.2, 0.25) is 0 Å². The molecule has 2 aromatic rings. The Morgan fingerprint density at radius 3 is 2.54 bits per heavy atom. The molecule has 0 saturated carbocycles. The molecule has 1 unspecified atom stereocenters. The summed E-state index contributed by atoms with van der Waals surface area (Å²) in [6.45, 7) is 7.57. The van der Waals surface area contributed by atoms with Crippen LogP contribution in [0, 0.1) is 0 Å². The van der Waals surface area contributed by atoms with E-state index in [1.54, 1.807) is 24.3 Å². The highest BCUT2D eigenvalue weighted by atomic mass is 16.6. The van der Waals surface area contributed by atoms with Crippen molar-refractivity contribution in [3.05, 3.63) is 48.3 Å². The smallest absolute Gasteiger partial charge is 0.410 e. The lowest BCUT2D eigenvalue weighted by atomic mass is 10.2. The van der Waals surface area contributed by atoms with Gasteiger partial charge in [0.05, 0.1) is 18.4 Å². The Morgan fingerprint density at radius 1 is 1.21 bits per heavy atom. The number of nitrogens with zero attached hydrogens (tertiary/aromatic N) is 4. The van der Waals surface area contributed by atoms with E-state index in [1.807, 2.05) is 51.1 Å². The molecule has 1 amide bonds. The van der Waals surface area contributed by atoms with E-state index in [0.717, 1.165) is 18.5 Å². The van der Waals surface area contributed by atoms with Crippen molar-refractivity contribution in [2.45, 2.75) is 45.4 Å². The van der Waals surface area contributed by atoms with E-state index in [4.69, 9.17) is 9.47 Å². The number of benzene rings is 1. The van der Waals surface area contributed by atoms with Crippen molar-refractivity contribution in [2.24, 2.45) is 0 Å². The highest BCUT2D eigenvalue weighted by Gasteiger charge is 2.31. The van der Waals surface area contributed by atoms with E-state index in [-0.39, 0.29) is 12.1 Å². The van der Waals surface area contributed by atoms with Crippen LogP contribution in [0.15, 0.2) is 42.7 Å². The number of ether oxygens (including phenoxy) is 2. The molecule has 2 heterocycles. The Labute approximate surface area is 166 Å². The zero-order chi connectivity index (χ0) is 20.1. The van der Waals surface area contributed by atoms with Gasteiger partial charge in [0.1, 0.15) is 12.2 Å². The van der Waals surface area contributed by atoms with Crippen LogP contribution in [0.5, 0.6) is 5.75 Å². The van der Waals surface area contributed by atoms with Crippen LogP contribution in [0.1, 0.15) is 32.8 Å². The summed E-state index contributed by atoms with van der Waals surface area (Å²) in [4.78, 5) is 24.9. The van der Waals surface area contributed by atoms with E-state index < -0.39 is 5.60 Å². The van der Waals surface area contributed by atoms with Crippen molar-refractivity contribution < 1.29 is 14.3 Å². The predicted molar refractivity (Wildman–Crippen MR) is 107 cm³/mol. The van der Waals surface area contributed by atoms with Gasteiger partial charge in [0, 0.05) is 20.1 Å². The third-order valence-electron chi connectivity index (χ3n) is 4.54. The fourth-order valence-corrected chi connectivity index (χ4v) is 3.01. The molecule has 1 saturated heterocycles. The SMILES string of the molecule is CN(C(=O)OC(C)(C)C)C1CCN(c2ncc(OCc3ccccc3)cn2)C1. The molecule has 3 rings (SSSR count). The van der Waals surface area contributed by atoms with Crippen LogP contribution in [0.3, 0.4) is 0 Å². The zero-order valence-corrected chi connectivity index (χ0v) is 17.0. The van der Waals surface area contributed by atoms with Gasteiger partial charge in [-0.3, -0.25) is 0 Å². The van der Waals surface area contributed by atoms with E-state index in [1.165, 1.54) is 0 Å². The van der Waals surface area contributed by atoms with Crippen LogP contribution < -0.4 is 9.64 Å². The average Bonchev–Trinajstić information content (AvgIpc) is 3.16. The molecule has 0 N–H and O–H groups in total. The van der Waals surface area contributed by atoms with Crippen LogP contribution in [0.4, 0.5) is 10.7 Å². The largest absolute Gasteiger partial charge is 0.486 e. The number of hydrogen-bond donors (Lipinski definition) is 0. The minimum absolute atomic E-state index is 0.0763. The molecule has 1 aromatic carbocycles. The van der Waals surface area contributed by atoms with Gasteiger partial charge in [-0.2, -0.15) is 0 Å². The Bertz CT molecular complexity index is 774. The predicted octanol–water partition coefficient (Wildman–Crippen LogP) is 3.50. The summed E-state index contributed by atoms with van der Waals surface area (Å²) in [5.41, 5.74) is 0.599. The van der Waals surface area contributed by atoms with Crippen LogP contribution in [-0.2, 0) is 11.3 Å². The highest BCUT2D eigenvalue weighted by Crippen LogP contribution is 2.22. The molecular formula is C21H28N4O3. The number of amides is 1. The average molecular weight is 384 g/mol. The quantitative estimate of drug-likeness (QED) is 0.786. The van der Waals surface area contributed by atoms with Gasteiger partial charge in [0.15, 0.2) is 5.75 Å². The molecule has 7 heteroatoms. The minimum atomic E-state index is -0.498. The monoisotopic (exact) mass is 384 g/mol. The molecule has 1 aliphatic heterocycles. The molecule has 0 spiro atoms. The van der Waals surface area contributed by atoms with Crippen LogP contribution in [0.25, 0.3) is 0 Å². The second-order valence-corrected chi connectivity index (χ2v) is 7.97. The van der Waals surface area contributed by atoms with Crippen molar-refractivity contribution in [1.29, 1.82) is 0 Å². The van der Waals surface area contributed by atoms with Crippen molar-refractivity contribution in [3.8, 4) is 5.75 Å². The Morgan fingerprint density at radius 2 is 1.89 bits per heavy atom. The Kier molecular flexibility index (Phi) is 6.02. The summed E-state index contributed by atoms with van der Waals surface area (Å²) in [5, 5.41) is 0. The number of hydrogen-bond acceptors (Lipinski definition) is 6. The van der Waals surface area contributed by atoms with E-state index in [2.05, 4.69) is 14.9 Å². The van der Waals surface area contributed by atoms with Crippen molar-refractivity contribution >= 4 is 12.0 Å². The Hall–Kier alpha value is -2.83. The number of likely N-dealkylation sites (N-methyl/N-ethyl adjacent to an activating group) is 1. The molecule has 0 aliphatic carbocycles. The number of carbonyl (C=O) groups excluding carboxylic acids is 1. The van der Waals surface area contributed by atoms with Gasteiger partial charge >= 0.3 is 6.09 Å². The first-order valence-corrected chi connectivity index (χ1v) is 9.51. The molecule has 0 bridgehead atoms. The van der Waals surface area contributed by atoms with Gasteiger partial charge in [0.2, 0.25) is 5.95 Å². The van der Waals surface area contributed by atoms with Crippen LogP contribution >= 0.6 is 0 Å². The number of carbonyl (C=O) groups is 1. The molecule has 1 aliphatic rings. The number of rotatable bonds is 5. The summed E-state index contributed by atoms with van der Waals surface area (Å²) < 4.78 is 11.2. The van der Waals surface area contributed by atoms with Gasteiger partial charge in [-0.25, -0.2) is 14.8 Å². The lowest BCUT2D eigenvalue weighted by molar-refractivity contribution is 0.0238.